The quantitative estimate of drug-likeness (QED) is 0.367. The summed E-state index contributed by atoms with van der Waals surface area (Å²) in [5.74, 6) is -0.196. The minimum atomic E-state index is -3.69. The van der Waals surface area contributed by atoms with E-state index in [4.69, 9.17) is 4.52 Å². The Balaban J connectivity index is 1.73. The number of rotatable bonds is 3. The molecule has 148 valence electrons. The zero-order chi connectivity index (χ0) is 20.7. The van der Waals surface area contributed by atoms with Gasteiger partial charge in [-0.15, -0.1) is 0 Å². The van der Waals surface area contributed by atoms with Crippen molar-refractivity contribution in [2.45, 2.75) is 6.42 Å². The largest absolute Gasteiger partial charge is 0.504 e. The summed E-state index contributed by atoms with van der Waals surface area (Å²) in [7, 11) is -3.69. The van der Waals surface area contributed by atoms with Crippen LogP contribution >= 0.6 is 7.37 Å². The molecule has 0 aromatic heterocycles. The van der Waals surface area contributed by atoms with Crippen LogP contribution in [0.3, 0.4) is 0 Å². The van der Waals surface area contributed by atoms with Gasteiger partial charge >= 0.3 is 7.37 Å². The van der Waals surface area contributed by atoms with Gasteiger partial charge in [-0.2, -0.15) is 0 Å². The zero-order valence-corrected chi connectivity index (χ0v) is 16.9. The van der Waals surface area contributed by atoms with Crippen LogP contribution in [0.2, 0.25) is 0 Å². The molecule has 5 heteroatoms. The minimum absolute atomic E-state index is 0.0927. The third-order valence-corrected chi connectivity index (χ3v) is 7.83. The molecule has 4 nitrogen and oxygen atoms in total. The van der Waals surface area contributed by atoms with Crippen molar-refractivity contribution in [2.75, 3.05) is 0 Å². The van der Waals surface area contributed by atoms with Crippen LogP contribution < -0.4 is 15.1 Å². The van der Waals surface area contributed by atoms with Gasteiger partial charge in [0, 0.05) is 12.0 Å². The molecule has 0 fully saturated rings. The van der Waals surface area contributed by atoms with Gasteiger partial charge in [0.25, 0.3) is 0 Å². The van der Waals surface area contributed by atoms with Gasteiger partial charge in [-0.05, 0) is 34.9 Å². The summed E-state index contributed by atoms with van der Waals surface area (Å²) in [6.07, 6.45) is 0.623. The third kappa shape index (κ3) is 2.89. The molecule has 1 aliphatic heterocycles. The van der Waals surface area contributed by atoms with Gasteiger partial charge in [0.2, 0.25) is 0 Å². The minimum Gasteiger partial charge on any atom is -0.504 e. The summed E-state index contributed by atoms with van der Waals surface area (Å²) in [6, 6.07) is 27.7. The Hall–Kier alpha value is -3.49. The van der Waals surface area contributed by atoms with Crippen LogP contribution in [0.15, 0.2) is 91.0 Å². The highest BCUT2D eigenvalue weighted by Crippen LogP contribution is 2.56. The molecule has 0 saturated carbocycles. The molecule has 0 spiro atoms. The molecule has 0 bridgehead atoms. The Bertz CT molecular complexity index is 1300. The van der Waals surface area contributed by atoms with E-state index in [1.165, 1.54) is 12.1 Å². The maximum Gasteiger partial charge on any atom is 0.311 e. The lowest BCUT2D eigenvalue weighted by molar-refractivity contribution is 0.405. The average molecular weight is 414 g/mol. The van der Waals surface area contributed by atoms with Crippen LogP contribution in [-0.4, -0.2) is 10.2 Å². The molecular formula is C25H19O4P. The van der Waals surface area contributed by atoms with Gasteiger partial charge in [-0.3, -0.25) is 4.57 Å². The molecule has 5 rings (SSSR count). The van der Waals surface area contributed by atoms with Gasteiger partial charge in [0.15, 0.2) is 11.5 Å². The van der Waals surface area contributed by atoms with Gasteiger partial charge in [-0.25, -0.2) is 0 Å². The molecule has 0 aliphatic carbocycles. The number of hydrogen-bond donors (Lipinski definition) is 2. The molecule has 1 atom stereocenters. The third-order valence-electron chi connectivity index (χ3n) is 5.38. The number of phenols is 2. The number of fused-ring (bicyclic) bond motifs is 3. The van der Waals surface area contributed by atoms with E-state index in [2.05, 4.69) is 0 Å². The second-order valence-corrected chi connectivity index (χ2v) is 9.51. The van der Waals surface area contributed by atoms with Crippen molar-refractivity contribution in [2.24, 2.45) is 0 Å². The van der Waals surface area contributed by atoms with Crippen LogP contribution in [0, 0.1) is 0 Å². The Labute approximate surface area is 174 Å². The molecule has 0 radical (unpaired) electrons. The summed E-state index contributed by atoms with van der Waals surface area (Å²) >= 11 is 0. The van der Waals surface area contributed by atoms with Crippen molar-refractivity contribution in [1.82, 2.24) is 0 Å². The van der Waals surface area contributed by atoms with E-state index in [9.17, 15) is 14.8 Å². The summed E-state index contributed by atoms with van der Waals surface area (Å²) in [4.78, 5) is 0. The molecule has 1 heterocycles. The van der Waals surface area contributed by atoms with Crippen molar-refractivity contribution in [3.8, 4) is 28.4 Å². The van der Waals surface area contributed by atoms with Crippen molar-refractivity contribution in [3.63, 3.8) is 0 Å². The highest BCUT2D eigenvalue weighted by Gasteiger charge is 2.40. The molecular weight excluding hydrogens is 395 g/mol. The SMILES string of the molecule is O=P1(c2cccc(O)c2O)Oc2c(Cc3ccccc3)cccc2-c2ccccc21. The first-order chi connectivity index (χ1) is 14.6. The van der Waals surface area contributed by atoms with Crippen molar-refractivity contribution in [1.29, 1.82) is 0 Å². The second-order valence-electron chi connectivity index (χ2n) is 7.26. The Morgan fingerprint density at radius 2 is 1.37 bits per heavy atom. The number of para-hydroxylation sites is 2. The van der Waals surface area contributed by atoms with Crippen LogP contribution in [0.5, 0.6) is 17.2 Å². The first kappa shape index (κ1) is 18.5. The highest BCUT2D eigenvalue weighted by molar-refractivity contribution is 7.75. The monoisotopic (exact) mass is 414 g/mol. The van der Waals surface area contributed by atoms with Gasteiger partial charge in [0.1, 0.15) is 5.75 Å². The van der Waals surface area contributed by atoms with E-state index in [0.29, 0.717) is 17.5 Å². The molecule has 4 aromatic rings. The summed E-state index contributed by atoms with van der Waals surface area (Å²) < 4.78 is 20.6. The first-order valence-corrected chi connectivity index (χ1v) is 11.3. The molecule has 0 saturated heterocycles. The highest BCUT2D eigenvalue weighted by atomic mass is 31.2. The van der Waals surface area contributed by atoms with E-state index in [1.807, 2.05) is 60.7 Å². The number of aromatic hydroxyl groups is 2. The number of hydrogen-bond acceptors (Lipinski definition) is 4. The summed E-state index contributed by atoms with van der Waals surface area (Å²) in [5.41, 5.74) is 3.70. The molecule has 0 amide bonds. The lowest BCUT2D eigenvalue weighted by atomic mass is 9.97. The number of phenolic OH excluding ortho intramolecular Hbond substituents is 2. The fourth-order valence-electron chi connectivity index (χ4n) is 3.93. The summed E-state index contributed by atoms with van der Waals surface area (Å²) in [6.45, 7) is 0. The second kappa shape index (κ2) is 7.08. The van der Waals surface area contributed by atoms with Gasteiger partial charge in [-0.1, -0.05) is 72.8 Å². The van der Waals surface area contributed by atoms with Crippen LogP contribution in [0.1, 0.15) is 11.1 Å². The lowest BCUT2D eigenvalue weighted by Gasteiger charge is -2.30. The number of benzene rings is 4. The Morgan fingerprint density at radius 3 is 2.20 bits per heavy atom. The predicted molar refractivity (Wildman–Crippen MR) is 118 cm³/mol. The Kier molecular flexibility index (Phi) is 4.38. The Morgan fingerprint density at radius 1 is 0.700 bits per heavy atom. The average Bonchev–Trinajstić information content (AvgIpc) is 2.77. The van der Waals surface area contributed by atoms with E-state index in [1.54, 1.807) is 18.2 Å². The van der Waals surface area contributed by atoms with E-state index >= 15 is 0 Å². The van der Waals surface area contributed by atoms with Crippen molar-refractivity contribution >= 4 is 18.0 Å². The lowest BCUT2D eigenvalue weighted by Crippen LogP contribution is -2.26. The van der Waals surface area contributed by atoms with E-state index < -0.39 is 13.1 Å². The molecule has 2 N–H and O–H groups in total. The van der Waals surface area contributed by atoms with Crippen LogP contribution in [0.4, 0.5) is 0 Å². The maximum absolute atomic E-state index is 14.3. The molecule has 1 unspecified atom stereocenters. The van der Waals surface area contributed by atoms with Crippen molar-refractivity contribution < 1.29 is 19.3 Å². The standard InChI is InChI=1S/C25H19O4P/c26-21-13-7-15-23(24(21)27)30(28)22-14-5-4-11-19(22)20-12-6-10-18(25(20)29-30)16-17-8-2-1-3-9-17/h1-15,26-27H,16H2. The molecule has 4 aromatic carbocycles. The maximum atomic E-state index is 14.3. The normalized spacial score (nSPS) is 16.9. The van der Waals surface area contributed by atoms with Crippen LogP contribution in [0.25, 0.3) is 11.1 Å². The smallest absolute Gasteiger partial charge is 0.311 e. The molecule has 1 aliphatic rings. The zero-order valence-electron chi connectivity index (χ0n) is 16.0. The predicted octanol–water partition coefficient (Wildman–Crippen LogP) is 4.98. The van der Waals surface area contributed by atoms with E-state index in [-0.39, 0.29) is 11.1 Å². The summed E-state index contributed by atoms with van der Waals surface area (Å²) in [5, 5.41) is 21.1. The van der Waals surface area contributed by atoms with Gasteiger partial charge < -0.3 is 14.7 Å². The fraction of sp³-hybridized carbons (Fsp3) is 0.0400. The first-order valence-electron chi connectivity index (χ1n) is 9.65. The van der Waals surface area contributed by atoms with Gasteiger partial charge in [0.05, 0.1) is 10.6 Å². The molecule has 30 heavy (non-hydrogen) atoms. The van der Waals surface area contributed by atoms with Crippen molar-refractivity contribution in [3.05, 3.63) is 102 Å². The topological polar surface area (TPSA) is 66.8 Å². The fourth-order valence-corrected chi connectivity index (χ4v) is 6.33. The van der Waals surface area contributed by atoms with E-state index in [0.717, 1.165) is 22.3 Å². The van der Waals surface area contributed by atoms with Crippen LogP contribution in [-0.2, 0) is 11.0 Å².